The van der Waals surface area contributed by atoms with Crippen LogP contribution in [0.4, 0.5) is 5.69 Å². The van der Waals surface area contributed by atoms with E-state index >= 15 is 0 Å². The summed E-state index contributed by atoms with van der Waals surface area (Å²) in [4.78, 5) is 29.3. The molecule has 2 aliphatic heterocycles. The summed E-state index contributed by atoms with van der Waals surface area (Å²) < 4.78 is 6.10. The molecule has 2 aliphatic rings. The summed E-state index contributed by atoms with van der Waals surface area (Å²) in [6.45, 7) is 1.85. The van der Waals surface area contributed by atoms with Gasteiger partial charge in [-0.1, -0.05) is 30.1 Å². The van der Waals surface area contributed by atoms with Crippen LogP contribution in [-0.4, -0.2) is 28.9 Å². The zero-order valence-electron chi connectivity index (χ0n) is 16.0. The van der Waals surface area contributed by atoms with Crippen LogP contribution in [0.1, 0.15) is 43.4 Å². The van der Waals surface area contributed by atoms with Crippen molar-refractivity contribution in [3.63, 3.8) is 0 Å². The van der Waals surface area contributed by atoms with E-state index in [1.54, 1.807) is 24.4 Å². The van der Waals surface area contributed by atoms with Gasteiger partial charge in [0.1, 0.15) is 5.78 Å². The van der Waals surface area contributed by atoms with E-state index in [1.165, 1.54) is 0 Å². The molecule has 2 fully saturated rings. The average molecular weight is 433 g/mol. The van der Waals surface area contributed by atoms with Gasteiger partial charge in [0.2, 0.25) is 5.91 Å². The molecule has 29 heavy (non-hydrogen) atoms. The Balaban J connectivity index is 1.57. The van der Waals surface area contributed by atoms with Crippen LogP contribution < -0.4 is 5.32 Å². The molecule has 0 unspecified atom stereocenters. The highest BCUT2D eigenvalue weighted by Gasteiger charge is 2.52. The first kappa shape index (κ1) is 20.3. The van der Waals surface area contributed by atoms with Gasteiger partial charge in [0.15, 0.2) is 0 Å². The third-order valence-corrected chi connectivity index (χ3v) is 6.50. The molecular weight excluding hydrogens is 411 g/mol. The highest BCUT2D eigenvalue weighted by atomic mass is 35.5. The third kappa shape index (κ3) is 4.18. The fourth-order valence-corrected chi connectivity index (χ4v) is 4.66. The van der Waals surface area contributed by atoms with Crippen molar-refractivity contribution < 1.29 is 14.3 Å². The number of pyridine rings is 1. The molecule has 0 aliphatic carbocycles. The first-order chi connectivity index (χ1) is 14.0. The van der Waals surface area contributed by atoms with E-state index in [1.807, 2.05) is 19.1 Å². The molecule has 5 nitrogen and oxygen atoms in total. The molecular formula is C22H22Cl2N2O3. The van der Waals surface area contributed by atoms with Crippen LogP contribution in [0.5, 0.6) is 0 Å². The van der Waals surface area contributed by atoms with Crippen molar-refractivity contribution in [1.29, 1.82) is 0 Å². The van der Waals surface area contributed by atoms with E-state index < -0.39 is 0 Å². The Morgan fingerprint density at radius 1 is 1.14 bits per heavy atom. The molecule has 0 radical (unpaired) electrons. The maximum absolute atomic E-state index is 13.2. The number of ether oxygens (including phenoxy) is 1. The van der Waals surface area contributed by atoms with Gasteiger partial charge in [0.05, 0.1) is 28.2 Å². The summed E-state index contributed by atoms with van der Waals surface area (Å²) in [6.07, 6.45) is 4.20. The molecule has 7 heteroatoms. The maximum atomic E-state index is 13.2. The van der Waals surface area contributed by atoms with Crippen molar-refractivity contribution in [2.45, 2.75) is 50.7 Å². The van der Waals surface area contributed by atoms with Crippen molar-refractivity contribution >= 4 is 40.6 Å². The first-order valence-electron chi connectivity index (χ1n) is 9.84. The lowest BCUT2D eigenvalue weighted by atomic mass is 9.75. The van der Waals surface area contributed by atoms with Crippen molar-refractivity contribution in [2.24, 2.45) is 5.92 Å². The number of anilines is 1. The molecule has 2 aromatic rings. The van der Waals surface area contributed by atoms with Crippen LogP contribution >= 0.6 is 23.2 Å². The van der Waals surface area contributed by atoms with Crippen LogP contribution in [0.3, 0.4) is 0 Å². The van der Waals surface area contributed by atoms with Crippen molar-refractivity contribution in [2.75, 3.05) is 5.32 Å². The van der Waals surface area contributed by atoms with Gasteiger partial charge in [-0.3, -0.25) is 14.6 Å². The molecule has 4 rings (SSSR count). The summed E-state index contributed by atoms with van der Waals surface area (Å²) in [7, 11) is 0. The smallest absolute Gasteiger partial charge is 0.230 e. The number of hydrogen-bond acceptors (Lipinski definition) is 4. The number of rotatable bonds is 6. The summed E-state index contributed by atoms with van der Waals surface area (Å²) in [5, 5.41) is 3.80. The quantitative estimate of drug-likeness (QED) is 0.710. The highest BCUT2D eigenvalue weighted by Crippen LogP contribution is 2.49. The van der Waals surface area contributed by atoms with Crippen LogP contribution in [-0.2, 0) is 20.7 Å². The number of amides is 1. The maximum Gasteiger partial charge on any atom is 0.230 e. The SMILES string of the molecule is CCC(=O)Cc1cc([C@@H]2[C@@H](C(=O)Nc3ccc(Cl)c(Cl)c3)[C@H]3CC[C@@H]2O3)ccn1. The topological polar surface area (TPSA) is 68.3 Å². The minimum absolute atomic E-state index is 0.00156. The minimum atomic E-state index is -0.305. The number of fused-ring (bicyclic) bond motifs is 2. The second-order valence-electron chi connectivity index (χ2n) is 7.61. The van der Waals surface area contributed by atoms with Gasteiger partial charge in [0, 0.05) is 36.3 Å². The molecule has 1 N–H and O–H groups in total. The fraction of sp³-hybridized carbons (Fsp3) is 0.409. The third-order valence-electron chi connectivity index (χ3n) is 5.76. The zero-order valence-corrected chi connectivity index (χ0v) is 17.5. The van der Waals surface area contributed by atoms with Crippen molar-refractivity contribution in [3.05, 3.63) is 57.8 Å². The van der Waals surface area contributed by atoms with Crippen LogP contribution in [0.15, 0.2) is 36.5 Å². The predicted molar refractivity (Wildman–Crippen MR) is 112 cm³/mol. The molecule has 2 bridgehead atoms. The summed E-state index contributed by atoms with van der Waals surface area (Å²) in [5.74, 6) is -0.313. The number of carbonyl (C=O) groups is 2. The first-order valence-corrected chi connectivity index (χ1v) is 10.6. The second kappa shape index (κ2) is 8.42. The molecule has 4 atom stereocenters. The van der Waals surface area contributed by atoms with Gasteiger partial charge < -0.3 is 10.1 Å². The van der Waals surface area contributed by atoms with Gasteiger partial charge in [-0.15, -0.1) is 0 Å². The Bertz CT molecular complexity index is 949. The number of Topliss-reactive ketones (excluding diaryl/α,β-unsaturated/α-hetero) is 1. The lowest BCUT2D eigenvalue weighted by Crippen LogP contribution is -2.36. The van der Waals surface area contributed by atoms with Gasteiger partial charge in [-0.25, -0.2) is 0 Å². The molecule has 1 aromatic carbocycles. The Labute approximate surface area is 179 Å². The molecule has 0 saturated carbocycles. The summed E-state index contributed by atoms with van der Waals surface area (Å²) in [6, 6.07) is 8.91. The predicted octanol–water partition coefficient (Wildman–Crippen LogP) is 4.81. The molecule has 1 amide bonds. The Morgan fingerprint density at radius 3 is 2.69 bits per heavy atom. The Hall–Kier alpha value is -1.95. The number of aromatic nitrogens is 1. The van der Waals surface area contributed by atoms with E-state index in [2.05, 4.69) is 10.3 Å². The molecule has 0 spiro atoms. The fourth-order valence-electron chi connectivity index (χ4n) is 4.36. The average Bonchev–Trinajstić information content (AvgIpc) is 3.32. The number of ketones is 1. The number of halogens is 2. The summed E-state index contributed by atoms with van der Waals surface area (Å²) in [5.41, 5.74) is 2.34. The number of nitrogens with one attached hydrogen (secondary N) is 1. The summed E-state index contributed by atoms with van der Waals surface area (Å²) >= 11 is 12.0. The minimum Gasteiger partial charge on any atom is -0.373 e. The highest BCUT2D eigenvalue weighted by molar-refractivity contribution is 6.42. The van der Waals surface area contributed by atoms with Crippen LogP contribution in [0.2, 0.25) is 10.0 Å². The lowest BCUT2D eigenvalue weighted by molar-refractivity contribution is -0.121. The number of nitrogens with zero attached hydrogens (tertiary/aromatic N) is 1. The number of benzene rings is 1. The second-order valence-corrected chi connectivity index (χ2v) is 8.42. The van der Waals surface area contributed by atoms with E-state index in [-0.39, 0.29) is 35.7 Å². The van der Waals surface area contributed by atoms with E-state index in [0.29, 0.717) is 28.6 Å². The Morgan fingerprint density at radius 2 is 1.93 bits per heavy atom. The Kier molecular flexibility index (Phi) is 5.91. The monoisotopic (exact) mass is 432 g/mol. The largest absolute Gasteiger partial charge is 0.373 e. The standard InChI is InChI=1S/C22H22Cl2N2O3/c1-2-15(27)10-14-9-12(7-8-25-14)20-18-5-6-19(29-18)21(20)22(28)26-13-3-4-16(23)17(24)11-13/h3-4,7-9,11,18-21H,2,5-6,10H2,1H3,(H,26,28)/t18-,19+,20-,21-/m0/s1. The molecule has 1 aromatic heterocycles. The van der Waals surface area contributed by atoms with E-state index in [4.69, 9.17) is 27.9 Å². The van der Waals surface area contributed by atoms with Gasteiger partial charge >= 0.3 is 0 Å². The van der Waals surface area contributed by atoms with Crippen molar-refractivity contribution in [1.82, 2.24) is 4.98 Å². The zero-order chi connectivity index (χ0) is 20.5. The van der Waals surface area contributed by atoms with E-state index in [0.717, 1.165) is 24.1 Å². The van der Waals surface area contributed by atoms with Crippen LogP contribution in [0.25, 0.3) is 0 Å². The van der Waals surface area contributed by atoms with Crippen LogP contribution in [0, 0.1) is 5.92 Å². The van der Waals surface area contributed by atoms with Crippen molar-refractivity contribution in [3.8, 4) is 0 Å². The lowest BCUT2D eigenvalue weighted by Gasteiger charge is -2.27. The molecule has 152 valence electrons. The van der Waals surface area contributed by atoms with Gasteiger partial charge in [0.25, 0.3) is 0 Å². The normalized spacial score (nSPS) is 25.2. The number of carbonyl (C=O) groups excluding carboxylic acids is 2. The van der Waals surface area contributed by atoms with Gasteiger partial charge in [-0.2, -0.15) is 0 Å². The number of hydrogen-bond donors (Lipinski definition) is 1. The molecule has 2 saturated heterocycles. The van der Waals surface area contributed by atoms with Gasteiger partial charge in [-0.05, 0) is 48.7 Å². The molecule has 3 heterocycles. The van der Waals surface area contributed by atoms with E-state index in [9.17, 15) is 9.59 Å².